The van der Waals surface area contributed by atoms with Gasteiger partial charge in [0.2, 0.25) is 5.91 Å². The van der Waals surface area contributed by atoms with Gasteiger partial charge in [0.1, 0.15) is 23.2 Å². The molecule has 0 unspecified atom stereocenters. The number of rotatable bonds is 8. The number of carbonyl (C=O) groups excluding carboxylic acids is 1. The van der Waals surface area contributed by atoms with E-state index >= 15 is 0 Å². The van der Waals surface area contributed by atoms with Gasteiger partial charge in [-0.25, -0.2) is 0 Å². The van der Waals surface area contributed by atoms with Crippen molar-refractivity contribution >= 4 is 28.4 Å². The van der Waals surface area contributed by atoms with Crippen molar-refractivity contribution in [1.82, 2.24) is 15.1 Å². The van der Waals surface area contributed by atoms with Crippen molar-refractivity contribution < 1.29 is 14.3 Å². The molecule has 1 heterocycles. The van der Waals surface area contributed by atoms with Crippen molar-refractivity contribution in [3.8, 4) is 22.8 Å². The summed E-state index contributed by atoms with van der Waals surface area (Å²) in [6.45, 7) is 2.31. The molecule has 0 aliphatic rings. The van der Waals surface area contributed by atoms with Crippen LogP contribution >= 0.6 is 11.6 Å². The fourth-order valence-electron chi connectivity index (χ4n) is 3.87. The standard InChI is InChI=1S/C26H26ClN3O3/c1-17(26(31)28-14-13-19-15-21(32-2)10-12-24(19)33-3)30-23-11-9-20(27)16-22(23)25(29-30)18-7-5-4-6-8-18/h4-12,15-17H,13-14H2,1-3H3,(H,28,31)/t17-/m0/s1. The molecular formula is C26H26ClN3O3. The Morgan fingerprint density at radius 3 is 2.58 bits per heavy atom. The van der Waals surface area contributed by atoms with E-state index in [9.17, 15) is 4.79 Å². The molecule has 6 nitrogen and oxygen atoms in total. The van der Waals surface area contributed by atoms with Crippen molar-refractivity contribution in [3.05, 3.63) is 77.3 Å². The lowest BCUT2D eigenvalue weighted by molar-refractivity contribution is -0.124. The van der Waals surface area contributed by atoms with Crippen LogP contribution in [-0.4, -0.2) is 36.5 Å². The minimum atomic E-state index is -0.502. The fraction of sp³-hybridized carbons (Fsp3) is 0.231. The van der Waals surface area contributed by atoms with Crippen LogP contribution in [0.3, 0.4) is 0 Å². The summed E-state index contributed by atoms with van der Waals surface area (Å²) < 4.78 is 12.5. The van der Waals surface area contributed by atoms with Crippen LogP contribution in [0.2, 0.25) is 5.02 Å². The van der Waals surface area contributed by atoms with E-state index in [0.717, 1.165) is 39.2 Å². The van der Waals surface area contributed by atoms with Gasteiger partial charge in [-0.3, -0.25) is 9.48 Å². The first-order chi connectivity index (χ1) is 16.0. The minimum absolute atomic E-state index is 0.115. The van der Waals surface area contributed by atoms with Crippen molar-refractivity contribution in [2.75, 3.05) is 20.8 Å². The summed E-state index contributed by atoms with van der Waals surface area (Å²) in [6, 6.07) is 20.6. The average Bonchev–Trinajstić information content (AvgIpc) is 3.22. The van der Waals surface area contributed by atoms with E-state index in [-0.39, 0.29) is 5.91 Å². The second-order valence-corrected chi connectivity index (χ2v) is 8.15. The molecule has 1 atom stereocenters. The maximum Gasteiger partial charge on any atom is 0.244 e. The average molecular weight is 464 g/mol. The van der Waals surface area contributed by atoms with E-state index in [4.69, 9.17) is 26.2 Å². The molecule has 7 heteroatoms. The maximum atomic E-state index is 13.0. The first-order valence-corrected chi connectivity index (χ1v) is 11.1. The molecule has 0 saturated heterocycles. The summed E-state index contributed by atoms with van der Waals surface area (Å²) in [5.74, 6) is 1.40. The van der Waals surface area contributed by atoms with Crippen molar-refractivity contribution in [1.29, 1.82) is 0 Å². The summed E-state index contributed by atoms with van der Waals surface area (Å²) in [5.41, 5.74) is 3.60. The van der Waals surface area contributed by atoms with Gasteiger partial charge in [0.05, 0.1) is 19.7 Å². The van der Waals surface area contributed by atoms with Gasteiger partial charge < -0.3 is 14.8 Å². The van der Waals surface area contributed by atoms with Crippen LogP contribution in [0.5, 0.6) is 11.5 Å². The fourth-order valence-corrected chi connectivity index (χ4v) is 4.05. The Morgan fingerprint density at radius 2 is 1.85 bits per heavy atom. The lowest BCUT2D eigenvalue weighted by Gasteiger charge is -2.15. The molecule has 33 heavy (non-hydrogen) atoms. The first-order valence-electron chi connectivity index (χ1n) is 10.7. The van der Waals surface area contributed by atoms with Gasteiger partial charge in [0.25, 0.3) is 0 Å². The molecule has 3 aromatic carbocycles. The lowest BCUT2D eigenvalue weighted by Crippen LogP contribution is -2.33. The van der Waals surface area contributed by atoms with E-state index in [0.29, 0.717) is 18.0 Å². The zero-order chi connectivity index (χ0) is 23.4. The number of methoxy groups -OCH3 is 2. The Morgan fingerprint density at radius 1 is 1.06 bits per heavy atom. The topological polar surface area (TPSA) is 65.4 Å². The molecule has 0 fully saturated rings. The van der Waals surface area contributed by atoms with Crippen molar-refractivity contribution in [2.45, 2.75) is 19.4 Å². The second kappa shape index (κ2) is 9.96. The molecule has 0 radical (unpaired) electrons. The number of ether oxygens (including phenoxy) is 2. The molecule has 170 valence electrons. The van der Waals surface area contributed by atoms with E-state index in [2.05, 4.69) is 5.32 Å². The smallest absolute Gasteiger partial charge is 0.244 e. The number of nitrogens with zero attached hydrogens (tertiary/aromatic N) is 2. The van der Waals surface area contributed by atoms with Gasteiger partial charge in [0.15, 0.2) is 0 Å². The molecule has 1 amide bonds. The third-order valence-electron chi connectivity index (χ3n) is 5.64. The normalized spacial score (nSPS) is 11.9. The van der Waals surface area contributed by atoms with Crippen LogP contribution in [0.1, 0.15) is 18.5 Å². The number of carbonyl (C=O) groups is 1. The molecule has 0 aliphatic heterocycles. The number of nitrogens with one attached hydrogen (secondary N) is 1. The van der Waals surface area contributed by atoms with Crippen LogP contribution in [0.4, 0.5) is 0 Å². The van der Waals surface area contributed by atoms with Crippen molar-refractivity contribution in [2.24, 2.45) is 0 Å². The lowest BCUT2D eigenvalue weighted by atomic mass is 10.1. The number of fused-ring (bicyclic) bond motifs is 1. The molecule has 1 aromatic heterocycles. The first kappa shape index (κ1) is 22.7. The Labute approximate surface area is 198 Å². The highest BCUT2D eigenvalue weighted by Gasteiger charge is 2.21. The quantitative estimate of drug-likeness (QED) is 0.385. The third kappa shape index (κ3) is 4.81. The van der Waals surface area contributed by atoms with E-state index in [1.54, 1.807) is 18.9 Å². The van der Waals surface area contributed by atoms with Crippen LogP contribution < -0.4 is 14.8 Å². The van der Waals surface area contributed by atoms with Gasteiger partial charge in [-0.2, -0.15) is 5.10 Å². The highest BCUT2D eigenvalue weighted by Crippen LogP contribution is 2.32. The maximum absolute atomic E-state index is 13.0. The van der Waals surface area contributed by atoms with E-state index in [1.165, 1.54) is 0 Å². The summed E-state index contributed by atoms with van der Waals surface area (Å²) in [7, 11) is 3.26. The second-order valence-electron chi connectivity index (χ2n) is 7.72. The van der Waals surface area contributed by atoms with Crippen molar-refractivity contribution in [3.63, 3.8) is 0 Å². The van der Waals surface area contributed by atoms with E-state index < -0.39 is 6.04 Å². The monoisotopic (exact) mass is 463 g/mol. The number of halogens is 1. The molecule has 0 bridgehead atoms. The Hall–Kier alpha value is -3.51. The molecule has 0 saturated carbocycles. The number of hydrogen-bond donors (Lipinski definition) is 1. The number of amides is 1. The largest absolute Gasteiger partial charge is 0.497 e. The highest BCUT2D eigenvalue weighted by molar-refractivity contribution is 6.31. The van der Waals surface area contributed by atoms with Gasteiger partial charge >= 0.3 is 0 Å². The van der Waals surface area contributed by atoms with Crippen LogP contribution in [0.15, 0.2) is 66.7 Å². The summed E-state index contributed by atoms with van der Waals surface area (Å²) in [6.07, 6.45) is 0.615. The Kier molecular flexibility index (Phi) is 6.84. The summed E-state index contributed by atoms with van der Waals surface area (Å²) in [5, 5.41) is 9.36. The predicted molar refractivity (Wildman–Crippen MR) is 131 cm³/mol. The number of benzene rings is 3. The molecular weight excluding hydrogens is 438 g/mol. The third-order valence-corrected chi connectivity index (χ3v) is 5.88. The molecule has 0 aliphatic carbocycles. The number of aromatic nitrogens is 2. The number of hydrogen-bond acceptors (Lipinski definition) is 4. The van der Waals surface area contributed by atoms with Crippen LogP contribution in [-0.2, 0) is 11.2 Å². The minimum Gasteiger partial charge on any atom is -0.497 e. The van der Waals surface area contributed by atoms with Crippen LogP contribution in [0, 0.1) is 0 Å². The zero-order valence-electron chi connectivity index (χ0n) is 18.8. The van der Waals surface area contributed by atoms with Gasteiger partial charge in [-0.1, -0.05) is 41.9 Å². The van der Waals surface area contributed by atoms with E-state index in [1.807, 2.05) is 73.7 Å². The highest BCUT2D eigenvalue weighted by atomic mass is 35.5. The SMILES string of the molecule is COc1ccc(OC)c(CCNC(=O)[C@H](C)n2nc(-c3ccccc3)c3cc(Cl)ccc32)c1. The summed E-state index contributed by atoms with van der Waals surface area (Å²) >= 11 is 6.27. The van der Waals surface area contributed by atoms with Crippen LogP contribution in [0.25, 0.3) is 22.2 Å². The van der Waals surface area contributed by atoms with Gasteiger partial charge in [-0.05, 0) is 55.3 Å². The zero-order valence-corrected chi connectivity index (χ0v) is 19.6. The molecule has 4 aromatic rings. The molecule has 1 N–H and O–H groups in total. The molecule has 4 rings (SSSR count). The van der Waals surface area contributed by atoms with Gasteiger partial charge in [0, 0.05) is 22.5 Å². The summed E-state index contributed by atoms with van der Waals surface area (Å²) in [4.78, 5) is 13.0. The predicted octanol–water partition coefficient (Wildman–Crippen LogP) is 5.29. The Balaban J connectivity index is 1.54. The Bertz CT molecular complexity index is 1270. The van der Waals surface area contributed by atoms with Gasteiger partial charge in [-0.15, -0.1) is 0 Å². The molecule has 0 spiro atoms.